The van der Waals surface area contributed by atoms with Gasteiger partial charge >= 0.3 is 0 Å². The van der Waals surface area contributed by atoms with E-state index in [0.717, 1.165) is 24.4 Å². The maximum Gasteiger partial charge on any atom is 0.0843 e. The van der Waals surface area contributed by atoms with Gasteiger partial charge in [-0.2, -0.15) is 0 Å². The second-order valence-electron chi connectivity index (χ2n) is 4.16. The minimum atomic E-state index is 0.646. The number of allylic oxidation sites excluding steroid dienone is 2. The Morgan fingerprint density at radius 3 is 2.55 bits per heavy atom. The van der Waals surface area contributed by atoms with E-state index >= 15 is 0 Å². The largest absolute Gasteiger partial charge is 0.373 e. The van der Waals surface area contributed by atoms with Crippen LogP contribution >= 0.6 is 0 Å². The lowest BCUT2D eigenvalue weighted by Crippen LogP contribution is -2.30. The van der Waals surface area contributed by atoms with Crippen molar-refractivity contribution in [1.29, 1.82) is 0 Å². The molecule has 0 aromatic rings. The van der Waals surface area contributed by atoms with Crippen LogP contribution in [0.1, 0.15) is 19.3 Å². The number of ether oxygens (including phenoxy) is 1. The van der Waals surface area contributed by atoms with Gasteiger partial charge in [-0.1, -0.05) is 12.2 Å². The second-order valence-corrected chi connectivity index (χ2v) is 4.16. The third-order valence-corrected chi connectivity index (χ3v) is 3.46. The number of fused-ring (bicyclic) bond motifs is 2. The lowest BCUT2D eigenvalue weighted by Gasteiger charge is -2.37. The molecule has 0 radical (unpaired) electrons. The van der Waals surface area contributed by atoms with Crippen LogP contribution in [0.3, 0.4) is 0 Å². The fraction of sp³-hybridized carbons (Fsp3) is 0.800. The summed E-state index contributed by atoms with van der Waals surface area (Å²) in [5.41, 5.74) is 0. The molecule has 3 unspecified atom stereocenters. The van der Waals surface area contributed by atoms with Crippen LogP contribution < -0.4 is 0 Å². The van der Waals surface area contributed by atoms with Crippen LogP contribution in [0.2, 0.25) is 0 Å². The first-order chi connectivity index (χ1) is 5.43. The summed E-state index contributed by atoms with van der Waals surface area (Å²) in [6, 6.07) is 0. The van der Waals surface area contributed by atoms with Crippen molar-refractivity contribution >= 4 is 0 Å². The van der Waals surface area contributed by atoms with Crippen LogP contribution in [-0.4, -0.2) is 12.7 Å². The van der Waals surface area contributed by atoms with Crippen molar-refractivity contribution in [2.45, 2.75) is 25.4 Å². The van der Waals surface area contributed by atoms with Gasteiger partial charge in [0.1, 0.15) is 0 Å². The molecule has 0 N–H and O–H groups in total. The zero-order valence-electron chi connectivity index (χ0n) is 6.70. The molecular weight excluding hydrogens is 136 g/mol. The fourth-order valence-corrected chi connectivity index (χ4v) is 2.71. The predicted molar refractivity (Wildman–Crippen MR) is 43.2 cm³/mol. The van der Waals surface area contributed by atoms with Crippen molar-refractivity contribution in [3.05, 3.63) is 12.2 Å². The molecule has 2 bridgehead atoms. The topological polar surface area (TPSA) is 12.5 Å². The molecule has 2 fully saturated rings. The zero-order chi connectivity index (χ0) is 7.26. The summed E-state index contributed by atoms with van der Waals surface area (Å²) in [7, 11) is 0. The van der Waals surface area contributed by atoms with Crippen LogP contribution in [0.25, 0.3) is 0 Å². The smallest absolute Gasteiger partial charge is 0.0843 e. The zero-order valence-corrected chi connectivity index (χ0v) is 6.70. The Bertz CT molecular complexity index is 193. The number of hydrogen-bond donors (Lipinski definition) is 0. The Kier molecular flexibility index (Phi) is 1.19. The molecule has 0 amide bonds. The number of epoxide rings is 1. The lowest BCUT2D eigenvalue weighted by atomic mass is 9.68. The first-order valence-electron chi connectivity index (χ1n) is 4.73. The summed E-state index contributed by atoms with van der Waals surface area (Å²) in [6.07, 6.45) is 9.77. The molecule has 4 atom stereocenters. The van der Waals surface area contributed by atoms with Gasteiger partial charge in [-0.25, -0.2) is 0 Å². The molecule has 1 nitrogen and oxygen atoms in total. The number of rotatable bonds is 1. The fourth-order valence-electron chi connectivity index (χ4n) is 2.71. The van der Waals surface area contributed by atoms with E-state index in [1.54, 1.807) is 0 Å². The van der Waals surface area contributed by atoms with Crippen molar-refractivity contribution in [3.63, 3.8) is 0 Å². The molecule has 1 heterocycles. The highest BCUT2D eigenvalue weighted by Crippen LogP contribution is 2.45. The van der Waals surface area contributed by atoms with E-state index in [0.29, 0.717) is 6.10 Å². The highest BCUT2D eigenvalue weighted by Gasteiger charge is 2.42. The van der Waals surface area contributed by atoms with Gasteiger partial charge < -0.3 is 4.74 Å². The minimum Gasteiger partial charge on any atom is -0.373 e. The van der Waals surface area contributed by atoms with Crippen molar-refractivity contribution in [2.75, 3.05) is 6.61 Å². The first kappa shape index (κ1) is 6.24. The molecule has 0 aromatic heterocycles. The summed E-state index contributed by atoms with van der Waals surface area (Å²) >= 11 is 0. The molecule has 4 aliphatic rings. The quantitative estimate of drug-likeness (QED) is 0.411. The Balaban J connectivity index is 1.82. The highest BCUT2D eigenvalue weighted by molar-refractivity contribution is 5.08. The van der Waals surface area contributed by atoms with Gasteiger partial charge in [0.2, 0.25) is 0 Å². The van der Waals surface area contributed by atoms with E-state index < -0.39 is 0 Å². The molecule has 1 aliphatic heterocycles. The van der Waals surface area contributed by atoms with Gasteiger partial charge in [0.25, 0.3) is 0 Å². The molecule has 1 heteroatoms. The van der Waals surface area contributed by atoms with Crippen molar-refractivity contribution in [3.8, 4) is 0 Å². The van der Waals surface area contributed by atoms with E-state index in [9.17, 15) is 0 Å². The van der Waals surface area contributed by atoms with Crippen LogP contribution in [0.5, 0.6) is 0 Å². The highest BCUT2D eigenvalue weighted by atomic mass is 16.6. The monoisotopic (exact) mass is 150 g/mol. The summed E-state index contributed by atoms with van der Waals surface area (Å²) < 4.78 is 5.37. The molecule has 1 saturated carbocycles. The molecular formula is C10H14O. The van der Waals surface area contributed by atoms with E-state index in [4.69, 9.17) is 4.74 Å². The SMILES string of the molecule is C1=CC2CCC1CC2[C@@H]1CO1. The summed E-state index contributed by atoms with van der Waals surface area (Å²) in [6.45, 7) is 1.04. The van der Waals surface area contributed by atoms with E-state index in [-0.39, 0.29) is 0 Å². The van der Waals surface area contributed by atoms with Crippen LogP contribution in [0.4, 0.5) is 0 Å². The van der Waals surface area contributed by atoms with Crippen LogP contribution in [0, 0.1) is 17.8 Å². The standard InChI is InChI=1S/C10H14O/c1-3-8-4-2-7(1)5-9(8)10-6-11-10/h1,3,7-10H,2,4-6H2/t7?,8?,9?,10-/m0/s1. The maximum atomic E-state index is 5.37. The minimum absolute atomic E-state index is 0.646. The molecule has 4 rings (SSSR count). The lowest BCUT2D eigenvalue weighted by molar-refractivity contribution is 0.176. The van der Waals surface area contributed by atoms with E-state index in [1.807, 2.05) is 0 Å². The van der Waals surface area contributed by atoms with Gasteiger partial charge in [0.15, 0.2) is 0 Å². The molecule has 1 saturated heterocycles. The second kappa shape index (κ2) is 2.10. The van der Waals surface area contributed by atoms with Crippen LogP contribution in [0.15, 0.2) is 12.2 Å². The third kappa shape index (κ3) is 0.943. The Morgan fingerprint density at radius 2 is 2.09 bits per heavy atom. The number of hydrogen-bond acceptors (Lipinski definition) is 1. The average Bonchev–Trinajstić information content (AvgIpc) is 2.89. The Hall–Kier alpha value is -0.300. The summed E-state index contributed by atoms with van der Waals surface area (Å²) in [5.74, 6) is 2.65. The Morgan fingerprint density at radius 1 is 1.18 bits per heavy atom. The van der Waals surface area contributed by atoms with Gasteiger partial charge in [-0.15, -0.1) is 0 Å². The van der Waals surface area contributed by atoms with Gasteiger partial charge in [0.05, 0.1) is 12.7 Å². The van der Waals surface area contributed by atoms with Gasteiger partial charge in [-0.3, -0.25) is 0 Å². The summed E-state index contributed by atoms with van der Waals surface area (Å²) in [4.78, 5) is 0. The summed E-state index contributed by atoms with van der Waals surface area (Å²) in [5, 5.41) is 0. The molecule has 0 aromatic carbocycles. The van der Waals surface area contributed by atoms with E-state index in [2.05, 4.69) is 12.2 Å². The molecule has 0 spiro atoms. The van der Waals surface area contributed by atoms with Crippen molar-refractivity contribution < 1.29 is 4.74 Å². The predicted octanol–water partition coefficient (Wildman–Crippen LogP) is 1.99. The average molecular weight is 150 g/mol. The van der Waals surface area contributed by atoms with E-state index in [1.165, 1.54) is 19.3 Å². The first-order valence-corrected chi connectivity index (χ1v) is 4.73. The Labute approximate surface area is 67.4 Å². The third-order valence-electron chi connectivity index (χ3n) is 3.46. The van der Waals surface area contributed by atoms with Crippen molar-refractivity contribution in [2.24, 2.45) is 17.8 Å². The van der Waals surface area contributed by atoms with Gasteiger partial charge in [-0.05, 0) is 37.0 Å². The molecule has 3 aliphatic carbocycles. The molecule has 60 valence electrons. The van der Waals surface area contributed by atoms with Gasteiger partial charge in [0, 0.05) is 0 Å². The van der Waals surface area contributed by atoms with Crippen LogP contribution in [-0.2, 0) is 4.74 Å². The maximum absolute atomic E-state index is 5.37. The molecule has 11 heavy (non-hydrogen) atoms. The van der Waals surface area contributed by atoms with Crippen molar-refractivity contribution in [1.82, 2.24) is 0 Å². The normalized spacial score (nSPS) is 53.1.